The molecule has 0 aromatic heterocycles. The molecule has 0 spiro atoms. The minimum Gasteiger partial charge on any atom is -0.351 e. The van der Waals surface area contributed by atoms with Gasteiger partial charge in [-0.15, -0.1) is 0 Å². The lowest BCUT2D eigenvalue weighted by molar-refractivity contribution is 0.0935. The Morgan fingerprint density at radius 3 is 2.65 bits per heavy atom. The van der Waals surface area contributed by atoms with E-state index in [1.54, 1.807) is 0 Å². The fourth-order valence-corrected chi connectivity index (χ4v) is 1.81. The summed E-state index contributed by atoms with van der Waals surface area (Å²) in [6.45, 7) is 9.12. The average Bonchev–Trinajstić information content (AvgIpc) is 2.30. The lowest BCUT2D eigenvalue weighted by atomic mass is 9.90. The summed E-state index contributed by atoms with van der Waals surface area (Å²) in [6.07, 6.45) is 1.04. The molecule has 94 valence electrons. The van der Waals surface area contributed by atoms with Gasteiger partial charge in [0.25, 0.3) is 5.91 Å². The van der Waals surface area contributed by atoms with E-state index in [9.17, 15) is 4.79 Å². The van der Waals surface area contributed by atoms with Crippen LogP contribution in [0.2, 0.25) is 0 Å². The smallest absolute Gasteiger partial charge is 0.252 e. The van der Waals surface area contributed by atoms with Gasteiger partial charge in [0.2, 0.25) is 0 Å². The van der Waals surface area contributed by atoms with Gasteiger partial charge in [-0.3, -0.25) is 4.79 Å². The molecule has 0 bridgehead atoms. The number of amides is 1. The van der Waals surface area contributed by atoms with Crippen LogP contribution in [-0.2, 0) is 0 Å². The Balaban J connectivity index is 2.74. The summed E-state index contributed by atoms with van der Waals surface area (Å²) < 4.78 is 0.881. The van der Waals surface area contributed by atoms with Crippen molar-refractivity contribution in [2.75, 3.05) is 6.54 Å². The van der Waals surface area contributed by atoms with Crippen molar-refractivity contribution in [3.05, 3.63) is 33.8 Å². The van der Waals surface area contributed by atoms with Crippen molar-refractivity contribution in [3.63, 3.8) is 0 Å². The van der Waals surface area contributed by atoms with Crippen molar-refractivity contribution >= 4 is 21.8 Å². The molecule has 0 unspecified atom stereocenters. The number of halogens is 1. The highest BCUT2D eigenvalue weighted by molar-refractivity contribution is 9.10. The first-order chi connectivity index (χ1) is 7.87. The van der Waals surface area contributed by atoms with Crippen LogP contribution in [0.5, 0.6) is 0 Å². The van der Waals surface area contributed by atoms with Crippen molar-refractivity contribution < 1.29 is 4.79 Å². The van der Waals surface area contributed by atoms with Crippen LogP contribution in [0.1, 0.15) is 43.1 Å². The molecule has 0 saturated heterocycles. The van der Waals surface area contributed by atoms with Gasteiger partial charge in [0.05, 0.1) is 5.56 Å². The largest absolute Gasteiger partial charge is 0.351 e. The van der Waals surface area contributed by atoms with Crippen molar-refractivity contribution in [3.8, 4) is 0 Å². The Morgan fingerprint density at radius 2 is 2.06 bits per heavy atom. The molecule has 3 heteroatoms. The van der Waals surface area contributed by atoms with Crippen molar-refractivity contribution in [2.45, 2.75) is 34.1 Å². The molecule has 0 atom stereocenters. The molecule has 1 aromatic carbocycles. The van der Waals surface area contributed by atoms with Crippen molar-refractivity contribution in [2.24, 2.45) is 5.41 Å². The molecule has 0 aliphatic carbocycles. The standard InChI is InChI=1S/C14H20BrNO/c1-5-14(3,4)9-16-13(17)11-8-6-7-10(2)12(11)15/h6-8H,5,9H2,1-4H3,(H,16,17). The molecule has 0 aliphatic heterocycles. The van der Waals surface area contributed by atoms with Crippen LogP contribution in [0.4, 0.5) is 0 Å². The molecule has 17 heavy (non-hydrogen) atoms. The number of carbonyl (C=O) groups is 1. The van der Waals surface area contributed by atoms with E-state index in [0.29, 0.717) is 12.1 Å². The second kappa shape index (κ2) is 5.67. The second-order valence-corrected chi connectivity index (χ2v) is 5.93. The molecular weight excluding hydrogens is 278 g/mol. The predicted molar refractivity (Wildman–Crippen MR) is 75.3 cm³/mol. The highest BCUT2D eigenvalue weighted by Crippen LogP contribution is 2.22. The fraction of sp³-hybridized carbons (Fsp3) is 0.500. The molecule has 0 saturated carbocycles. The van der Waals surface area contributed by atoms with Gasteiger partial charge in [0, 0.05) is 11.0 Å². The molecule has 0 radical (unpaired) electrons. The topological polar surface area (TPSA) is 29.1 Å². The average molecular weight is 298 g/mol. The van der Waals surface area contributed by atoms with Gasteiger partial charge in [-0.25, -0.2) is 0 Å². The maximum Gasteiger partial charge on any atom is 0.252 e. The number of nitrogens with one attached hydrogen (secondary N) is 1. The van der Waals surface area contributed by atoms with Crippen molar-refractivity contribution in [1.29, 1.82) is 0 Å². The summed E-state index contributed by atoms with van der Waals surface area (Å²) in [6, 6.07) is 5.72. The van der Waals surface area contributed by atoms with Gasteiger partial charge >= 0.3 is 0 Å². The second-order valence-electron chi connectivity index (χ2n) is 5.14. The van der Waals surface area contributed by atoms with Crippen LogP contribution in [0.25, 0.3) is 0 Å². The lowest BCUT2D eigenvalue weighted by Crippen LogP contribution is -2.33. The summed E-state index contributed by atoms with van der Waals surface area (Å²) >= 11 is 3.46. The zero-order valence-electron chi connectivity index (χ0n) is 10.9. The molecule has 1 amide bonds. The first kappa shape index (κ1) is 14.2. The first-order valence-corrected chi connectivity index (χ1v) is 6.70. The lowest BCUT2D eigenvalue weighted by Gasteiger charge is -2.23. The van der Waals surface area contributed by atoms with Gasteiger partial charge < -0.3 is 5.32 Å². The van der Waals surface area contributed by atoms with Crippen LogP contribution in [-0.4, -0.2) is 12.5 Å². The Bertz CT molecular complexity index is 413. The van der Waals surface area contributed by atoms with Gasteiger partial charge in [0.1, 0.15) is 0 Å². The SMILES string of the molecule is CCC(C)(C)CNC(=O)c1cccc(C)c1Br. The third-order valence-corrected chi connectivity index (χ3v) is 4.17. The quantitative estimate of drug-likeness (QED) is 0.896. The summed E-state index contributed by atoms with van der Waals surface area (Å²) in [4.78, 5) is 12.0. The van der Waals surface area contributed by atoms with E-state index >= 15 is 0 Å². The first-order valence-electron chi connectivity index (χ1n) is 5.90. The normalized spacial score (nSPS) is 11.4. The van der Waals surface area contributed by atoms with Gasteiger partial charge in [0.15, 0.2) is 0 Å². The molecule has 0 aliphatic rings. The van der Waals surface area contributed by atoms with Crippen molar-refractivity contribution in [1.82, 2.24) is 5.32 Å². The van der Waals surface area contributed by atoms with Crippen LogP contribution in [0.15, 0.2) is 22.7 Å². The molecule has 0 heterocycles. The number of hydrogen-bond acceptors (Lipinski definition) is 1. The monoisotopic (exact) mass is 297 g/mol. The number of carbonyl (C=O) groups excluding carboxylic acids is 1. The summed E-state index contributed by atoms with van der Waals surface area (Å²) in [5, 5.41) is 2.99. The fourth-order valence-electron chi connectivity index (χ4n) is 1.36. The maximum atomic E-state index is 12.0. The number of benzene rings is 1. The Morgan fingerprint density at radius 1 is 1.41 bits per heavy atom. The van der Waals surface area contributed by atoms with E-state index in [1.165, 1.54) is 0 Å². The molecule has 1 N–H and O–H groups in total. The van der Waals surface area contributed by atoms with E-state index in [1.807, 2.05) is 25.1 Å². The van der Waals surface area contributed by atoms with Crippen LogP contribution in [0, 0.1) is 12.3 Å². The third kappa shape index (κ3) is 3.84. The van der Waals surface area contributed by atoms with E-state index in [0.717, 1.165) is 16.5 Å². The summed E-state index contributed by atoms with van der Waals surface area (Å²) in [5.74, 6) is -0.0119. The Labute approximate surface area is 112 Å². The van der Waals surface area contributed by atoms with E-state index in [4.69, 9.17) is 0 Å². The minimum absolute atomic E-state index is 0.0119. The van der Waals surface area contributed by atoms with Crippen LogP contribution < -0.4 is 5.32 Å². The van der Waals surface area contributed by atoms with Gasteiger partial charge in [-0.05, 0) is 46.3 Å². The van der Waals surface area contributed by atoms with Gasteiger partial charge in [-0.1, -0.05) is 32.9 Å². The predicted octanol–water partition coefficient (Wildman–Crippen LogP) is 3.92. The Hall–Kier alpha value is -0.830. The van der Waals surface area contributed by atoms with Crippen LogP contribution >= 0.6 is 15.9 Å². The number of hydrogen-bond donors (Lipinski definition) is 1. The van der Waals surface area contributed by atoms with Gasteiger partial charge in [-0.2, -0.15) is 0 Å². The molecule has 1 rings (SSSR count). The highest BCUT2D eigenvalue weighted by Gasteiger charge is 2.18. The molecule has 0 fully saturated rings. The van der Waals surface area contributed by atoms with Crippen LogP contribution in [0.3, 0.4) is 0 Å². The minimum atomic E-state index is -0.0119. The molecule has 2 nitrogen and oxygen atoms in total. The molecule has 1 aromatic rings. The van der Waals surface area contributed by atoms with E-state index in [2.05, 4.69) is 42.0 Å². The third-order valence-electron chi connectivity index (χ3n) is 3.12. The highest BCUT2D eigenvalue weighted by atomic mass is 79.9. The summed E-state index contributed by atoms with van der Waals surface area (Å²) in [7, 11) is 0. The van der Waals surface area contributed by atoms with E-state index < -0.39 is 0 Å². The molecular formula is C14H20BrNO. The zero-order chi connectivity index (χ0) is 13.1. The number of rotatable bonds is 4. The number of aryl methyl sites for hydroxylation is 1. The maximum absolute atomic E-state index is 12.0. The Kier molecular flexibility index (Phi) is 4.75. The summed E-state index contributed by atoms with van der Waals surface area (Å²) in [5.41, 5.74) is 1.93. The zero-order valence-corrected chi connectivity index (χ0v) is 12.5. The van der Waals surface area contributed by atoms with E-state index in [-0.39, 0.29) is 11.3 Å².